The fourth-order valence-electron chi connectivity index (χ4n) is 2.71. The van der Waals surface area contributed by atoms with E-state index in [0.29, 0.717) is 5.92 Å². The van der Waals surface area contributed by atoms with Crippen molar-refractivity contribution in [1.82, 2.24) is 15.1 Å². The molecule has 1 aromatic carbocycles. The molecule has 1 aliphatic heterocycles. The number of H-pyrrole nitrogens is 1. The highest BCUT2D eigenvalue weighted by molar-refractivity contribution is 14.1. The summed E-state index contributed by atoms with van der Waals surface area (Å²) >= 11 is 2.22. The van der Waals surface area contributed by atoms with Crippen LogP contribution in [0.5, 0.6) is 0 Å². The summed E-state index contributed by atoms with van der Waals surface area (Å²) in [6, 6.07) is 9.77. The number of nitrogens with zero attached hydrogens (tertiary/aromatic N) is 2. The molecule has 1 saturated heterocycles. The Hall–Kier alpha value is -1.37. The molecule has 2 heterocycles. The summed E-state index contributed by atoms with van der Waals surface area (Å²) in [4.78, 5) is 14.6. The minimum atomic E-state index is 0.138. The van der Waals surface area contributed by atoms with Crippen LogP contribution in [0.15, 0.2) is 36.5 Å². The van der Waals surface area contributed by atoms with Gasteiger partial charge in [0.2, 0.25) is 0 Å². The normalized spacial score (nSPS) is 19.1. The SMILES string of the molecule is O=C(c1ccccc1I)N1CCCC(c2ccn[nH]2)C1. The highest BCUT2D eigenvalue weighted by atomic mass is 127. The van der Waals surface area contributed by atoms with Crippen LogP contribution < -0.4 is 0 Å². The van der Waals surface area contributed by atoms with Crippen molar-refractivity contribution in [2.45, 2.75) is 18.8 Å². The molecule has 1 unspecified atom stereocenters. The Morgan fingerprint density at radius 3 is 2.95 bits per heavy atom. The zero-order valence-electron chi connectivity index (χ0n) is 11.1. The van der Waals surface area contributed by atoms with Crippen molar-refractivity contribution in [2.24, 2.45) is 0 Å². The first kappa shape index (κ1) is 13.6. The fourth-order valence-corrected chi connectivity index (χ4v) is 3.33. The number of likely N-dealkylation sites (tertiary alicyclic amines) is 1. The Balaban J connectivity index is 1.77. The van der Waals surface area contributed by atoms with Crippen molar-refractivity contribution in [2.75, 3.05) is 13.1 Å². The molecule has 5 heteroatoms. The van der Waals surface area contributed by atoms with Crippen molar-refractivity contribution in [3.05, 3.63) is 51.4 Å². The van der Waals surface area contributed by atoms with E-state index in [1.807, 2.05) is 35.2 Å². The number of halogens is 1. The summed E-state index contributed by atoms with van der Waals surface area (Å²) in [5.41, 5.74) is 1.93. The molecule has 20 heavy (non-hydrogen) atoms. The third-order valence-electron chi connectivity index (χ3n) is 3.77. The highest BCUT2D eigenvalue weighted by Gasteiger charge is 2.26. The van der Waals surface area contributed by atoms with E-state index in [1.54, 1.807) is 6.20 Å². The summed E-state index contributed by atoms with van der Waals surface area (Å²) in [5, 5.41) is 7.04. The topological polar surface area (TPSA) is 49.0 Å². The van der Waals surface area contributed by atoms with E-state index in [0.717, 1.165) is 40.8 Å². The quantitative estimate of drug-likeness (QED) is 0.814. The van der Waals surface area contributed by atoms with Gasteiger partial charge in [0, 0.05) is 34.5 Å². The summed E-state index contributed by atoms with van der Waals surface area (Å²) in [6.07, 6.45) is 3.92. The van der Waals surface area contributed by atoms with Crippen LogP contribution in [0.3, 0.4) is 0 Å². The number of amides is 1. The monoisotopic (exact) mass is 381 g/mol. The molecule has 1 aromatic heterocycles. The first-order chi connectivity index (χ1) is 9.75. The van der Waals surface area contributed by atoms with Gasteiger partial charge in [-0.15, -0.1) is 0 Å². The molecule has 0 spiro atoms. The average molecular weight is 381 g/mol. The van der Waals surface area contributed by atoms with E-state index in [9.17, 15) is 4.79 Å². The third kappa shape index (κ3) is 2.72. The number of carbonyl (C=O) groups is 1. The van der Waals surface area contributed by atoms with E-state index in [-0.39, 0.29) is 5.91 Å². The number of carbonyl (C=O) groups excluding carboxylic acids is 1. The highest BCUT2D eigenvalue weighted by Crippen LogP contribution is 2.26. The van der Waals surface area contributed by atoms with Gasteiger partial charge in [-0.3, -0.25) is 9.89 Å². The smallest absolute Gasteiger partial charge is 0.254 e. The second-order valence-electron chi connectivity index (χ2n) is 5.08. The number of aromatic amines is 1. The molecule has 1 fully saturated rings. The zero-order chi connectivity index (χ0) is 13.9. The van der Waals surface area contributed by atoms with Gasteiger partial charge in [-0.05, 0) is 53.6 Å². The molecule has 2 aromatic rings. The minimum Gasteiger partial charge on any atom is -0.338 e. The lowest BCUT2D eigenvalue weighted by Crippen LogP contribution is -2.39. The first-order valence-corrected chi connectivity index (χ1v) is 7.86. The van der Waals surface area contributed by atoms with Crippen molar-refractivity contribution in [3.63, 3.8) is 0 Å². The molecule has 1 N–H and O–H groups in total. The Bertz CT molecular complexity index is 597. The molecule has 1 amide bonds. The van der Waals surface area contributed by atoms with Crippen LogP contribution in [0, 0.1) is 3.57 Å². The van der Waals surface area contributed by atoms with Crippen LogP contribution in [0.4, 0.5) is 0 Å². The average Bonchev–Trinajstić information content (AvgIpc) is 3.01. The molecule has 104 valence electrons. The van der Waals surface area contributed by atoms with Gasteiger partial charge in [-0.25, -0.2) is 0 Å². The van der Waals surface area contributed by atoms with E-state index in [1.165, 1.54) is 0 Å². The molecule has 1 aliphatic rings. The number of hydrogen-bond acceptors (Lipinski definition) is 2. The molecule has 4 nitrogen and oxygen atoms in total. The largest absolute Gasteiger partial charge is 0.338 e. The molecular formula is C15H16IN3O. The maximum Gasteiger partial charge on any atom is 0.254 e. The van der Waals surface area contributed by atoms with Crippen LogP contribution in [0.1, 0.15) is 34.8 Å². The first-order valence-electron chi connectivity index (χ1n) is 6.79. The van der Waals surface area contributed by atoms with E-state index >= 15 is 0 Å². The maximum atomic E-state index is 12.6. The summed E-state index contributed by atoms with van der Waals surface area (Å²) in [6.45, 7) is 1.61. The predicted molar refractivity (Wildman–Crippen MR) is 85.6 cm³/mol. The lowest BCUT2D eigenvalue weighted by molar-refractivity contribution is 0.0705. The minimum absolute atomic E-state index is 0.138. The summed E-state index contributed by atoms with van der Waals surface area (Å²) in [5.74, 6) is 0.510. The zero-order valence-corrected chi connectivity index (χ0v) is 13.2. The van der Waals surface area contributed by atoms with Gasteiger partial charge in [-0.1, -0.05) is 12.1 Å². The van der Waals surface area contributed by atoms with E-state index < -0.39 is 0 Å². The van der Waals surface area contributed by atoms with Crippen LogP contribution in [0.2, 0.25) is 0 Å². The van der Waals surface area contributed by atoms with Crippen LogP contribution in [-0.4, -0.2) is 34.1 Å². The predicted octanol–water partition coefficient (Wildman–Crippen LogP) is 3.03. The van der Waals surface area contributed by atoms with Gasteiger partial charge in [0.25, 0.3) is 5.91 Å². The lowest BCUT2D eigenvalue weighted by atomic mass is 9.94. The van der Waals surface area contributed by atoms with Crippen LogP contribution >= 0.6 is 22.6 Å². The molecular weight excluding hydrogens is 365 g/mol. The molecule has 0 bridgehead atoms. The number of aromatic nitrogens is 2. The second kappa shape index (κ2) is 5.95. The third-order valence-corrected chi connectivity index (χ3v) is 4.72. The molecule has 1 atom stereocenters. The number of benzene rings is 1. The number of hydrogen-bond donors (Lipinski definition) is 1. The Labute approximate surface area is 131 Å². The number of rotatable bonds is 2. The maximum absolute atomic E-state index is 12.6. The number of nitrogens with one attached hydrogen (secondary N) is 1. The van der Waals surface area contributed by atoms with Gasteiger partial charge < -0.3 is 4.90 Å². The van der Waals surface area contributed by atoms with E-state index in [4.69, 9.17) is 0 Å². The van der Waals surface area contributed by atoms with Crippen molar-refractivity contribution in [1.29, 1.82) is 0 Å². The van der Waals surface area contributed by atoms with Crippen molar-refractivity contribution < 1.29 is 4.79 Å². The van der Waals surface area contributed by atoms with Gasteiger partial charge in [0.15, 0.2) is 0 Å². The van der Waals surface area contributed by atoms with Gasteiger partial charge in [-0.2, -0.15) is 5.10 Å². The standard InChI is InChI=1S/C15H16IN3O/c16-13-6-2-1-5-12(13)15(20)19-9-3-4-11(10-19)14-7-8-17-18-14/h1-2,5-8,11H,3-4,9-10H2,(H,17,18). The Kier molecular flexibility index (Phi) is 4.05. The molecule has 3 rings (SSSR count). The van der Waals surface area contributed by atoms with Crippen molar-refractivity contribution >= 4 is 28.5 Å². The van der Waals surface area contributed by atoms with Gasteiger partial charge in [0.05, 0.1) is 5.56 Å². The second-order valence-corrected chi connectivity index (χ2v) is 6.24. The van der Waals surface area contributed by atoms with Gasteiger partial charge in [0.1, 0.15) is 0 Å². The van der Waals surface area contributed by atoms with Crippen LogP contribution in [-0.2, 0) is 0 Å². The summed E-state index contributed by atoms with van der Waals surface area (Å²) in [7, 11) is 0. The van der Waals surface area contributed by atoms with E-state index in [2.05, 4.69) is 32.8 Å². The lowest BCUT2D eigenvalue weighted by Gasteiger charge is -2.32. The molecule has 0 saturated carbocycles. The Morgan fingerprint density at radius 2 is 2.20 bits per heavy atom. The summed E-state index contributed by atoms with van der Waals surface area (Å²) < 4.78 is 1.01. The fraction of sp³-hybridized carbons (Fsp3) is 0.333. The van der Waals surface area contributed by atoms with Crippen LogP contribution in [0.25, 0.3) is 0 Å². The Morgan fingerprint density at radius 1 is 1.35 bits per heavy atom. The molecule has 0 aliphatic carbocycles. The number of piperidine rings is 1. The van der Waals surface area contributed by atoms with Gasteiger partial charge >= 0.3 is 0 Å². The van der Waals surface area contributed by atoms with Crippen molar-refractivity contribution in [3.8, 4) is 0 Å². The molecule has 0 radical (unpaired) electrons.